The lowest BCUT2D eigenvalue weighted by Crippen LogP contribution is -2.30. The first-order chi connectivity index (χ1) is 15.1. The van der Waals surface area contributed by atoms with Crippen LogP contribution in [0.4, 0.5) is 5.69 Å². The Hall–Kier alpha value is -3.81. The van der Waals surface area contributed by atoms with Crippen LogP contribution < -0.4 is 20.3 Å². The molecule has 0 aliphatic heterocycles. The number of amides is 1. The van der Waals surface area contributed by atoms with Crippen LogP contribution in [0.3, 0.4) is 0 Å². The predicted molar refractivity (Wildman–Crippen MR) is 120 cm³/mol. The van der Waals surface area contributed by atoms with Crippen LogP contribution in [0.5, 0.6) is 11.5 Å². The highest BCUT2D eigenvalue weighted by atomic mass is 16.5. The topological polar surface area (TPSA) is 87.4 Å². The van der Waals surface area contributed by atoms with Crippen molar-refractivity contribution in [3.05, 3.63) is 59.0 Å². The molecule has 0 spiro atoms. The highest BCUT2D eigenvalue weighted by Gasteiger charge is 2.17. The lowest BCUT2D eigenvalue weighted by atomic mass is 10.2. The summed E-state index contributed by atoms with van der Waals surface area (Å²) in [7, 11) is 3.07. The first-order valence-corrected chi connectivity index (χ1v) is 10.1. The number of para-hydroxylation sites is 1. The number of methoxy groups -OCH3 is 2. The molecular weight excluding hydrogens is 396 g/mol. The van der Waals surface area contributed by atoms with Gasteiger partial charge in [0, 0.05) is 28.9 Å². The van der Waals surface area contributed by atoms with E-state index in [4.69, 9.17) is 9.47 Å². The molecule has 0 fully saturated rings. The molecule has 31 heavy (non-hydrogen) atoms. The summed E-state index contributed by atoms with van der Waals surface area (Å²) in [5, 5.41) is 8.81. The van der Waals surface area contributed by atoms with Crippen LogP contribution in [-0.2, 0) is 17.9 Å². The van der Waals surface area contributed by atoms with Crippen LogP contribution in [0, 0.1) is 0 Å². The fourth-order valence-electron chi connectivity index (χ4n) is 3.79. The third-order valence-electron chi connectivity index (χ3n) is 5.20. The molecule has 0 saturated carbocycles. The van der Waals surface area contributed by atoms with Crippen molar-refractivity contribution in [3.8, 4) is 11.5 Å². The van der Waals surface area contributed by atoms with Crippen molar-refractivity contribution in [3.63, 3.8) is 0 Å². The van der Waals surface area contributed by atoms with Crippen molar-refractivity contribution in [2.45, 2.75) is 26.4 Å². The molecule has 1 N–H and O–H groups in total. The van der Waals surface area contributed by atoms with Crippen LogP contribution in [0.15, 0.2) is 53.5 Å². The Morgan fingerprint density at radius 1 is 1.10 bits per heavy atom. The van der Waals surface area contributed by atoms with Crippen molar-refractivity contribution in [2.24, 2.45) is 0 Å². The van der Waals surface area contributed by atoms with E-state index in [1.54, 1.807) is 31.5 Å². The first-order valence-electron chi connectivity index (χ1n) is 10.1. The molecule has 4 aromatic rings. The van der Waals surface area contributed by atoms with Gasteiger partial charge in [0.25, 0.3) is 5.56 Å². The summed E-state index contributed by atoms with van der Waals surface area (Å²) in [5.41, 5.74) is 1.75. The van der Waals surface area contributed by atoms with E-state index in [1.807, 2.05) is 28.8 Å². The molecule has 2 aromatic heterocycles. The molecule has 0 aliphatic carbocycles. The summed E-state index contributed by atoms with van der Waals surface area (Å²) in [4.78, 5) is 25.9. The number of fused-ring (bicyclic) bond motifs is 3. The number of hydrogen-bond donors (Lipinski definition) is 1. The van der Waals surface area contributed by atoms with Crippen molar-refractivity contribution in [2.75, 3.05) is 19.5 Å². The van der Waals surface area contributed by atoms with Crippen molar-refractivity contribution in [1.82, 2.24) is 14.3 Å². The molecule has 0 aliphatic rings. The number of nitrogens with zero attached hydrogens (tertiary/aromatic N) is 3. The highest BCUT2D eigenvalue weighted by Crippen LogP contribution is 2.29. The number of nitrogens with one attached hydrogen (secondary N) is 1. The SMILES string of the molecule is CCCn1c2ccccc2c2cnn(CC(=O)Nc3ccc(OC)cc3OC)c(=O)c21. The number of carbonyl (C=O) groups excluding carboxylic acids is 1. The number of benzene rings is 2. The minimum Gasteiger partial charge on any atom is -0.497 e. The molecule has 0 bridgehead atoms. The average molecular weight is 420 g/mol. The normalized spacial score (nSPS) is 11.1. The van der Waals surface area contributed by atoms with Crippen molar-refractivity contribution >= 4 is 33.4 Å². The van der Waals surface area contributed by atoms with E-state index < -0.39 is 0 Å². The van der Waals surface area contributed by atoms with E-state index in [1.165, 1.54) is 11.8 Å². The quantitative estimate of drug-likeness (QED) is 0.495. The molecule has 0 saturated heterocycles. The van der Waals surface area contributed by atoms with Crippen LogP contribution >= 0.6 is 0 Å². The Kier molecular flexibility index (Phi) is 5.62. The van der Waals surface area contributed by atoms with Crippen LogP contribution in [-0.4, -0.2) is 34.5 Å². The van der Waals surface area contributed by atoms with E-state index in [0.717, 1.165) is 22.7 Å². The summed E-state index contributed by atoms with van der Waals surface area (Å²) in [6.07, 6.45) is 2.54. The minimum atomic E-state index is -0.379. The van der Waals surface area contributed by atoms with Crippen LogP contribution in [0.1, 0.15) is 13.3 Å². The van der Waals surface area contributed by atoms with Crippen molar-refractivity contribution < 1.29 is 14.3 Å². The second kappa shape index (κ2) is 8.51. The van der Waals surface area contributed by atoms with Crippen LogP contribution in [0.25, 0.3) is 21.8 Å². The van der Waals surface area contributed by atoms with Gasteiger partial charge in [-0.3, -0.25) is 9.59 Å². The fourth-order valence-corrected chi connectivity index (χ4v) is 3.79. The molecule has 2 aromatic carbocycles. The molecule has 160 valence electrons. The zero-order valence-electron chi connectivity index (χ0n) is 17.7. The van der Waals surface area contributed by atoms with Gasteiger partial charge in [-0.15, -0.1) is 0 Å². The minimum absolute atomic E-state index is 0.211. The van der Waals surface area contributed by atoms with Gasteiger partial charge in [-0.2, -0.15) is 5.10 Å². The number of aromatic nitrogens is 3. The van der Waals surface area contributed by atoms with Gasteiger partial charge in [-0.25, -0.2) is 4.68 Å². The maximum Gasteiger partial charge on any atom is 0.291 e. The lowest BCUT2D eigenvalue weighted by Gasteiger charge is -2.12. The summed E-state index contributed by atoms with van der Waals surface area (Å²) >= 11 is 0. The Morgan fingerprint density at radius 3 is 2.65 bits per heavy atom. The maximum atomic E-state index is 13.2. The molecule has 4 rings (SSSR count). The Morgan fingerprint density at radius 2 is 1.90 bits per heavy atom. The second-order valence-corrected chi connectivity index (χ2v) is 7.15. The molecule has 2 heterocycles. The number of carbonyl (C=O) groups is 1. The molecule has 8 heteroatoms. The molecule has 0 radical (unpaired) electrons. The number of anilines is 1. The molecule has 8 nitrogen and oxygen atoms in total. The average Bonchev–Trinajstić information content (AvgIpc) is 3.10. The standard InChI is InChI=1S/C23H24N4O4/c1-4-11-26-19-8-6-5-7-16(19)17-13-24-27(23(29)22(17)26)14-21(28)25-18-10-9-15(30-2)12-20(18)31-3/h5-10,12-13H,4,11,14H2,1-3H3,(H,25,28). The lowest BCUT2D eigenvalue weighted by molar-refractivity contribution is -0.117. The Bertz CT molecular complexity index is 1320. The summed E-state index contributed by atoms with van der Waals surface area (Å²) in [6, 6.07) is 13.0. The van der Waals surface area contributed by atoms with E-state index in [-0.39, 0.29) is 18.0 Å². The Labute approximate surface area is 179 Å². The second-order valence-electron chi connectivity index (χ2n) is 7.15. The van der Waals surface area contributed by atoms with E-state index in [9.17, 15) is 9.59 Å². The van der Waals surface area contributed by atoms with Gasteiger partial charge in [-0.1, -0.05) is 25.1 Å². The van der Waals surface area contributed by atoms with Gasteiger partial charge in [0.1, 0.15) is 23.6 Å². The number of hydrogen-bond acceptors (Lipinski definition) is 5. The third-order valence-corrected chi connectivity index (χ3v) is 5.20. The van der Waals surface area contributed by atoms with Gasteiger partial charge >= 0.3 is 0 Å². The summed E-state index contributed by atoms with van der Waals surface area (Å²) < 4.78 is 13.7. The summed E-state index contributed by atoms with van der Waals surface area (Å²) in [5.74, 6) is 0.698. The molecule has 1 amide bonds. The predicted octanol–water partition coefficient (Wildman–Crippen LogP) is 3.42. The third kappa shape index (κ3) is 3.72. The number of ether oxygens (including phenoxy) is 2. The highest BCUT2D eigenvalue weighted by molar-refractivity contribution is 6.07. The maximum absolute atomic E-state index is 13.2. The van der Waals surface area contributed by atoms with E-state index >= 15 is 0 Å². The zero-order chi connectivity index (χ0) is 22.0. The molecule has 0 unspecified atom stereocenters. The molecule has 0 atom stereocenters. The van der Waals surface area contributed by atoms with Crippen LogP contribution in [0.2, 0.25) is 0 Å². The van der Waals surface area contributed by atoms with E-state index in [0.29, 0.717) is 29.2 Å². The van der Waals surface area contributed by atoms with Gasteiger partial charge in [0.05, 0.1) is 26.1 Å². The first kappa shape index (κ1) is 20.5. The smallest absolute Gasteiger partial charge is 0.291 e. The monoisotopic (exact) mass is 420 g/mol. The zero-order valence-corrected chi connectivity index (χ0v) is 17.7. The van der Waals surface area contributed by atoms with Gasteiger partial charge in [0.15, 0.2) is 0 Å². The number of aryl methyl sites for hydroxylation is 1. The fraction of sp³-hybridized carbons (Fsp3) is 0.261. The van der Waals surface area contributed by atoms with Crippen molar-refractivity contribution in [1.29, 1.82) is 0 Å². The Balaban J connectivity index is 1.68. The summed E-state index contributed by atoms with van der Waals surface area (Å²) in [6.45, 7) is 2.56. The largest absolute Gasteiger partial charge is 0.497 e. The molecular formula is C23H24N4O4. The van der Waals surface area contributed by atoms with E-state index in [2.05, 4.69) is 17.3 Å². The van der Waals surface area contributed by atoms with Gasteiger partial charge in [0.2, 0.25) is 5.91 Å². The van der Waals surface area contributed by atoms with Gasteiger partial charge < -0.3 is 19.4 Å². The van der Waals surface area contributed by atoms with Gasteiger partial charge in [-0.05, 0) is 24.6 Å². The number of rotatable bonds is 7.